The van der Waals surface area contributed by atoms with E-state index in [9.17, 15) is 9.59 Å². The molecular formula is C21H22N4O4. The molecule has 0 spiro atoms. The van der Waals surface area contributed by atoms with Gasteiger partial charge in [0.15, 0.2) is 0 Å². The number of likely N-dealkylation sites (tertiary alicyclic amines) is 1. The standard InChI is InChI=1S/C21H22N4O4/c1-2-3-11-28-16-8-6-14(7-9-16)21(27)25-12-15(13-25)20-23-18(24-29-20)17-5-4-10-22-19(17)26/h4-10,15H,2-3,11-13H2,1H3,(H,22,26). The highest BCUT2D eigenvalue weighted by Gasteiger charge is 2.36. The van der Waals surface area contributed by atoms with Crippen LogP contribution in [0.2, 0.25) is 0 Å². The van der Waals surface area contributed by atoms with E-state index in [1.54, 1.807) is 35.4 Å². The Hall–Kier alpha value is -3.42. The first kappa shape index (κ1) is 18.9. The summed E-state index contributed by atoms with van der Waals surface area (Å²) in [6.07, 6.45) is 3.63. The summed E-state index contributed by atoms with van der Waals surface area (Å²) in [7, 11) is 0. The van der Waals surface area contributed by atoms with Crippen molar-refractivity contribution in [2.24, 2.45) is 0 Å². The molecule has 0 unspecified atom stereocenters. The lowest BCUT2D eigenvalue weighted by Crippen LogP contribution is -2.48. The van der Waals surface area contributed by atoms with Crippen molar-refractivity contribution in [3.63, 3.8) is 0 Å². The summed E-state index contributed by atoms with van der Waals surface area (Å²) in [6.45, 7) is 3.79. The van der Waals surface area contributed by atoms with Crippen LogP contribution in [-0.2, 0) is 0 Å². The second-order valence-electron chi connectivity index (χ2n) is 7.00. The van der Waals surface area contributed by atoms with Gasteiger partial charge >= 0.3 is 0 Å². The second kappa shape index (κ2) is 8.30. The number of aromatic nitrogens is 3. The normalized spacial score (nSPS) is 13.9. The van der Waals surface area contributed by atoms with Crippen LogP contribution in [0.3, 0.4) is 0 Å². The summed E-state index contributed by atoms with van der Waals surface area (Å²) < 4.78 is 10.9. The first-order chi connectivity index (χ1) is 14.2. The van der Waals surface area contributed by atoms with Gasteiger partial charge in [0.25, 0.3) is 11.5 Å². The Balaban J connectivity index is 1.35. The zero-order valence-electron chi connectivity index (χ0n) is 16.1. The molecule has 1 aliphatic heterocycles. The van der Waals surface area contributed by atoms with Crippen molar-refractivity contribution in [1.29, 1.82) is 0 Å². The highest BCUT2D eigenvalue weighted by molar-refractivity contribution is 5.95. The Morgan fingerprint density at radius 1 is 1.28 bits per heavy atom. The van der Waals surface area contributed by atoms with E-state index in [1.165, 1.54) is 0 Å². The van der Waals surface area contributed by atoms with E-state index in [1.807, 2.05) is 12.1 Å². The van der Waals surface area contributed by atoms with E-state index in [0.29, 0.717) is 36.7 Å². The second-order valence-corrected chi connectivity index (χ2v) is 7.00. The summed E-state index contributed by atoms with van der Waals surface area (Å²) in [6, 6.07) is 10.5. The maximum atomic E-state index is 12.6. The van der Waals surface area contributed by atoms with E-state index in [4.69, 9.17) is 9.26 Å². The molecule has 150 valence electrons. The van der Waals surface area contributed by atoms with Crippen LogP contribution in [0.1, 0.15) is 41.9 Å². The van der Waals surface area contributed by atoms with Crippen LogP contribution < -0.4 is 10.3 Å². The Kier molecular flexibility index (Phi) is 5.41. The SMILES string of the molecule is CCCCOc1ccc(C(=O)N2CC(c3nc(-c4ccc[nH]c4=O)no3)C2)cc1. The number of ether oxygens (including phenoxy) is 1. The minimum atomic E-state index is -0.271. The lowest BCUT2D eigenvalue weighted by atomic mass is 9.98. The van der Waals surface area contributed by atoms with Crippen LogP contribution in [0.5, 0.6) is 5.75 Å². The van der Waals surface area contributed by atoms with Gasteiger partial charge in [-0.1, -0.05) is 18.5 Å². The fourth-order valence-electron chi connectivity index (χ4n) is 3.12. The van der Waals surface area contributed by atoms with Gasteiger partial charge < -0.3 is 19.1 Å². The first-order valence-electron chi connectivity index (χ1n) is 9.69. The molecule has 1 aliphatic rings. The molecule has 1 N–H and O–H groups in total. The highest BCUT2D eigenvalue weighted by atomic mass is 16.5. The molecule has 0 saturated carbocycles. The summed E-state index contributed by atoms with van der Waals surface area (Å²) in [5.41, 5.74) is 0.705. The number of pyridine rings is 1. The minimum absolute atomic E-state index is 0.0281. The number of H-pyrrole nitrogens is 1. The van der Waals surface area contributed by atoms with E-state index >= 15 is 0 Å². The Morgan fingerprint density at radius 2 is 2.07 bits per heavy atom. The molecule has 3 heterocycles. The largest absolute Gasteiger partial charge is 0.494 e. The van der Waals surface area contributed by atoms with Gasteiger partial charge in [-0.25, -0.2) is 0 Å². The number of carbonyl (C=O) groups excluding carboxylic acids is 1. The van der Waals surface area contributed by atoms with Gasteiger partial charge in [-0.15, -0.1) is 0 Å². The number of unbranched alkanes of at least 4 members (excludes halogenated alkanes) is 1. The number of carbonyl (C=O) groups is 1. The highest BCUT2D eigenvalue weighted by Crippen LogP contribution is 2.28. The van der Waals surface area contributed by atoms with E-state index in [-0.39, 0.29) is 23.2 Å². The zero-order valence-corrected chi connectivity index (χ0v) is 16.1. The molecule has 1 fully saturated rings. The van der Waals surface area contributed by atoms with Gasteiger partial charge in [0.05, 0.1) is 18.1 Å². The lowest BCUT2D eigenvalue weighted by molar-refractivity contribution is 0.0569. The average molecular weight is 394 g/mol. The van der Waals surface area contributed by atoms with Crippen molar-refractivity contribution >= 4 is 5.91 Å². The van der Waals surface area contributed by atoms with Crippen molar-refractivity contribution in [1.82, 2.24) is 20.0 Å². The maximum Gasteiger partial charge on any atom is 0.259 e. The quantitative estimate of drug-likeness (QED) is 0.619. The van der Waals surface area contributed by atoms with Gasteiger partial charge in [-0.3, -0.25) is 9.59 Å². The summed E-state index contributed by atoms with van der Waals surface area (Å²) >= 11 is 0. The molecule has 8 heteroatoms. The average Bonchev–Trinajstić information content (AvgIpc) is 3.17. The number of hydrogen-bond acceptors (Lipinski definition) is 6. The summed E-state index contributed by atoms with van der Waals surface area (Å²) in [4.78, 5) is 33.1. The van der Waals surface area contributed by atoms with Crippen molar-refractivity contribution in [2.45, 2.75) is 25.7 Å². The number of amides is 1. The Morgan fingerprint density at radius 3 is 2.79 bits per heavy atom. The topological polar surface area (TPSA) is 101 Å². The number of nitrogens with one attached hydrogen (secondary N) is 1. The van der Waals surface area contributed by atoms with Gasteiger partial charge in [0, 0.05) is 24.8 Å². The molecule has 1 amide bonds. The van der Waals surface area contributed by atoms with Crippen LogP contribution in [-0.4, -0.2) is 45.6 Å². The molecule has 0 aliphatic carbocycles. The lowest BCUT2D eigenvalue weighted by Gasteiger charge is -2.37. The predicted octanol–water partition coefficient (Wildman–Crippen LogP) is 2.84. The van der Waals surface area contributed by atoms with Crippen LogP contribution in [0.25, 0.3) is 11.4 Å². The van der Waals surface area contributed by atoms with Crippen LogP contribution in [0.15, 0.2) is 51.9 Å². The third kappa shape index (κ3) is 4.06. The number of benzene rings is 1. The van der Waals surface area contributed by atoms with Gasteiger partial charge in [0.1, 0.15) is 5.75 Å². The monoisotopic (exact) mass is 394 g/mol. The molecule has 3 aromatic rings. The summed E-state index contributed by atoms with van der Waals surface area (Å²) in [5, 5.41) is 3.90. The van der Waals surface area contributed by atoms with Crippen LogP contribution >= 0.6 is 0 Å². The fraction of sp³-hybridized carbons (Fsp3) is 0.333. The van der Waals surface area contributed by atoms with Gasteiger partial charge in [-0.2, -0.15) is 4.98 Å². The van der Waals surface area contributed by atoms with E-state index < -0.39 is 0 Å². The molecule has 0 bridgehead atoms. The van der Waals surface area contributed by atoms with Crippen LogP contribution in [0, 0.1) is 0 Å². The first-order valence-corrected chi connectivity index (χ1v) is 9.69. The molecule has 0 radical (unpaired) electrons. The molecule has 29 heavy (non-hydrogen) atoms. The fourth-order valence-corrected chi connectivity index (χ4v) is 3.12. The number of rotatable bonds is 7. The minimum Gasteiger partial charge on any atom is -0.494 e. The number of aromatic amines is 1. The molecule has 0 atom stereocenters. The summed E-state index contributed by atoms with van der Waals surface area (Å²) in [5.74, 6) is 1.39. The Labute approximate surface area is 167 Å². The maximum absolute atomic E-state index is 12.6. The third-order valence-electron chi connectivity index (χ3n) is 4.89. The van der Waals surface area contributed by atoms with E-state index in [0.717, 1.165) is 18.6 Å². The predicted molar refractivity (Wildman–Crippen MR) is 106 cm³/mol. The third-order valence-corrected chi connectivity index (χ3v) is 4.89. The smallest absolute Gasteiger partial charge is 0.259 e. The van der Waals surface area contributed by atoms with E-state index in [2.05, 4.69) is 22.0 Å². The molecule has 8 nitrogen and oxygen atoms in total. The van der Waals surface area contributed by atoms with Gasteiger partial charge in [-0.05, 0) is 42.8 Å². The zero-order chi connectivity index (χ0) is 20.2. The molecule has 1 aromatic carbocycles. The van der Waals surface area contributed by atoms with Crippen molar-refractivity contribution in [2.75, 3.05) is 19.7 Å². The number of nitrogens with zero attached hydrogens (tertiary/aromatic N) is 3. The van der Waals surface area contributed by atoms with Crippen molar-refractivity contribution < 1.29 is 14.1 Å². The van der Waals surface area contributed by atoms with Crippen LogP contribution in [0.4, 0.5) is 0 Å². The molecule has 1 saturated heterocycles. The Bertz CT molecular complexity index is 1040. The molecule has 4 rings (SSSR count). The van der Waals surface area contributed by atoms with Crippen molar-refractivity contribution in [3.8, 4) is 17.1 Å². The molecule has 2 aromatic heterocycles. The van der Waals surface area contributed by atoms with Crippen molar-refractivity contribution in [3.05, 3.63) is 64.4 Å². The molecular weight excluding hydrogens is 372 g/mol. The number of hydrogen-bond donors (Lipinski definition) is 1. The van der Waals surface area contributed by atoms with Gasteiger partial charge in [0.2, 0.25) is 11.7 Å².